The molecule has 2 aliphatic heterocycles. The van der Waals surface area contributed by atoms with E-state index in [-0.39, 0.29) is 23.2 Å². The number of carbonyl (C=O) groups excluding carboxylic acids is 4. The Bertz CT molecular complexity index is 1600. The number of nitrogens with one attached hydrogen (secondary N) is 1. The van der Waals surface area contributed by atoms with Crippen LogP contribution in [0.4, 0.5) is 10.5 Å². The minimum Gasteiger partial charge on any atom is -0.465 e. The zero-order valence-corrected chi connectivity index (χ0v) is 19.3. The van der Waals surface area contributed by atoms with Gasteiger partial charge in [-0.05, 0) is 54.2 Å². The molecule has 3 N–H and O–H groups in total. The second-order valence-corrected chi connectivity index (χ2v) is 9.74. The molecule has 4 aliphatic rings. The Kier molecular flexibility index (Phi) is 3.95. The van der Waals surface area contributed by atoms with Gasteiger partial charge in [0.2, 0.25) is 5.78 Å². The number of rotatable bonds is 2. The minimum atomic E-state index is -0.520. The van der Waals surface area contributed by atoms with Crippen LogP contribution >= 0.6 is 0 Å². The molecule has 1 saturated carbocycles. The maximum Gasteiger partial charge on any atom is 0.339 e. The third-order valence-corrected chi connectivity index (χ3v) is 8.05. The largest absolute Gasteiger partial charge is 0.465 e. The molecule has 7 rings (SSSR count). The summed E-state index contributed by atoms with van der Waals surface area (Å²) in [6.45, 7) is 0.979. The highest BCUT2D eigenvalue weighted by Gasteiger charge is 2.67. The van der Waals surface area contributed by atoms with Gasteiger partial charge >= 0.3 is 12.0 Å². The third kappa shape index (κ3) is 2.53. The lowest BCUT2D eigenvalue weighted by molar-refractivity contribution is 0.0599. The number of amides is 3. The molecule has 0 bridgehead atoms. The minimum absolute atomic E-state index is 0.145. The molecular weight excluding hydrogens is 462 g/mol. The molecule has 36 heavy (non-hydrogen) atoms. The molecule has 10 heteroatoms. The number of likely N-dealkylation sites (tertiary alicyclic amines) is 1. The van der Waals surface area contributed by atoms with Crippen LogP contribution in [0, 0.1) is 5.92 Å². The van der Waals surface area contributed by atoms with E-state index >= 15 is 0 Å². The Balaban J connectivity index is 1.27. The quantitative estimate of drug-likeness (QED) is 0.536. The Morgan fingerprint density at radius 1 is 1.22 bits per heavy atom. The molecule has 3 amide bonds. The molecule has 1 spiro atoms. The average Bonchev–Trinajstić information content (AvgIpc) is 3.21. The number of hydrogen-bond donors (Lipinski definition) is 2. The fraction of sp³-hybridized carbons (Fsp3) is 0.269. The predicted molar refractivity (Wildman–Crippen MR) is 128 cm³/mol. The molecule has 2 atom stereocenters. The van der Waals surface area contributed by atoms with Crippen molar-refractivity contribution in [1.29, 1.82) is 0 Å². The number of anilines is 1. The number of esters is 1. The lowest BCUT2D eigenvalue weighted by Gasteiger charge is -2.28. The van der Waals surface area contributed by atoms with Crippen molar-refractivity contribution >= 4 is 40.3 Å². The van der Waals surface area contributed by atoms with Gasteiger partial charge in [-0.1, -0.05) is 0 Å². The topological polar surface area (TPSA) is 139 Å². The summed E-state index contributed by atoms with van der Waals surface area (Å²) in [6, 6.07) is 6.68. The van der Waals surface area contributed by atoms with E-state index in [1.54, 1.807) is 11.0 Å². The monoisotopic (exact) mass is 483 g/mol. The number of allylic oxidation sites excluding steroid dienone is 2. The fourth-order valence-corrected chi connectivity index (χ4v) is 6.32. The molecule has 0 radical (unpaired) electrons. The van der Waals surface area contributed by atoms with Gasteiger partial charge in [-0.3, -0.25) is 19.5 Å². The number of aromatic amines is 1. The van der Waals surface area contributed by atoms with Crippen LogP contribution in [0.5, 0.6) is 0 Å². The number of nitrogens with two attached hydrogens (primary N) is 1. The van der Waals surface area contributed by atoms with Crippen LogP contribution in [0.3, 0.4) is 0 Å². The first-order valence-corrected chi connectivity index (χ1v) is 11.7. The summed E-state index contributed by atoms with van der Waals surface area (Å²) in [5.74, 6) is -0.884. The highest BCUT2D eigenvalue weighted by Crippen LogP contribution is 2.66. The van der Waals surface area contributed by atoms with E-state index in [0.29, 0.717) is 42.2 Å². The maximum atomic E-state index is 13.7. The van der Waals surface area contributed by atoms with Gasteiger partial charge in [0.05, 0.1) is 12.7 Å². The van der Waals surface area contributed by atoms with Crippen LogP contribution < -0.4 is 10.6 Å². The molecule has 1 aromatic carbocycles. The van der Waals surface area contributed by atoms with Gasteiger partial charge in [-0.2, -0.15) is 0 Å². The van der Waals surface area contributed by atoms with Crippen LogP contribution in [-0.2, 0) is 16.6 Å². The highest BCUT2D eigenvalue weighted by molar-refractivity contribution is 6.10. The number of ketones is 1. The van der Waals surface area contributed by atoms with Gasteiger partial charge in [-0.15, -0.1) is 0 Å². The predicted octanol–water partition coefficient (Wildman–Crippen LogP) is 2.28. The Hall–Kier alpha value is -4.47. The fourth-order valence-electron chi connectivity index (χ4n) is 6.32. The standard InChI is InChI=1S/C26H21N5O5/c1-36-24(34)12-6-16-22(28-10-12)20(32)8-21-26(16)9-13(26)11-31(21)23(33)18-7-15-14-4-5-30(25(27)35)19(14)3-2-17(15)29-18/h2-3,6-8,10,13,29H,4-5,9,11H2,1H3,(H2,27,35)/t13-,26-/m1/s1. The van der Waals surface area contributed by atoms with E-state index in [4.69, 9.17) is 10.5 Å². The van der Waals surface area contributed by atoms with Crippen LogP contribution in [0.2, 0.25) is 0 Å². The van der Waals surface area contributed by atoms with E-state index in [1.165, 1.54) is 24.3 Å². The summed E-state index contributed by atoms with van der Waals surface area (Å²) in [7, 11) is 1.30. The second kappa shape index (κ2) is 6.81. The number of hydrogen-bond acceptors (Lipinski definition) is 6. The molecule has 2 fully saturated rings. The first-order valence-electron chi connectivity index (χ1n) is 11.7. The first kappa shape index (κ1) is 20.9. The van der Waals surface area contributed by atoms with E-state index < -0.39 is 17.4 Å². The van der Waals surface area contributed by atoms with E-state index in [2.05, 4.69) is 9.97 Å². The molecule has 2 aliphatic carbocycles. The van der Waals surface area contributed by atoms with E-state index in [9.17, 15) is 19.2 Å². The van der Waals surface area contributed by atoms with Gasteiger partial charge in [0.15, 0.2) is 0 Å². The van der Waals surface area contributed by atoms with Crippen molar-refractivity contribution in [1.82, 2.24) is 14.9 Å². The Morgan fingerprint density at radius 2 is 2.06 bits per heavy atom. The molecule has 0 unspecified atom stereocenters. The van der Waals surface area contributed by atoms with E-state index in [0.717, 1.165) is 28.6 Å². The number of H-pyrrole nitrogens is 1. The van der Waals surface area contributed by atoms with Crippen LogP contribution in [0.1, 0.15) is 48.9 Å². The van der Waals surface area contributed by atoms with Crippen molar-refractivity contribution in [2.24, 2.45) is 11.7 Å². The first-order chi connectivity index (χ1) is 17.3. The number of methoxy groups -OCH3 is 1. The molecular formula is C26H21N5O5. The average molecular weight is 483 g/mol. The molecule has 4 heterocycles. The smallest absolute Gasteiger partial charge is 0.339 e. The highest BCUT2D eigenvalue weighted by atomic mass is 16.5. The van der Waals surface area contributed by atoms with Gasteiger partial charge in [0.1, 0.15) is 11.4 Å². The van der Waals surface area contributed by atoms with Crippen molar-refractivity contribution in [3.05, 3.63) is 70.3 Å². The van der Waals surface area contributed by atoms with E-state index in [1.807, 2.05) is 18.2 Å². The number of carbonyl (C=O) groups is 4. The molecule has 10 nitrogen and oxygen atoms in total. The van der Waals surface area contributed by atoms with Crippen LogP contribution in [0.15, 0.2) is 42.2 Å². The van der Waals surface area contributed by atoms with Crippen molar-refractivity contribution < 1.29 is 23.9 Å². The molecule has 3 aromatic rings. The zero-order valence-electron chi connectivity index (χ0n) is 19.3. The summed E-state index contributed by atoms with van der Waals surface area (Å²) in [5, 5.41) is 0.879. The third-order valence-electron chi connectivity index (χ3n) is 8.05. The summed E-state index contributed by atoms with van der Waals surface area (Å²) in [6.07, 6.45) is 4.32. The zero-order chi connectivity index (χ0) is 24.9. The van der Waals surface area contributed by atoms with Gasteiger partial charge < -0.3 is 20.4 Å². The van der Waals surface area contributed by atoms with Crippen molar-refractivity contribution in [2.45, 2.75) is 18.3 Å². The Morgan fingerprint density at radius 3 is 2.83 bits per heavy atom. The number of aromatic nitrogens is 2. The van der Waals surface area contributed by atoms with Crippen molar-refractivity contribution in [2.75, 3.05) is 25.1 Å². The van der Waals surface area contributed by atoms with Crippen LogP contribution in [-0.4, -0.2) is 58.8 Å². The normalized spacial score (nSPS) is 23.1. The number of piperidine rings is 1. The lowest BCUT2D eigenvalue weighted by atomic mass is 9.83. The van der Waals surface area contributed by atoms with Crippen molar-refractivity contribution in [3.63, 3.8) is 0 Å². The van der Waals surface area contributed by atoms with Gasteiger partial charge in [-0.25, -0.2) is 9.59 Å². The second-order valence-electron chi connectivity index (χ2n) is 9.74. The number of nitrogens with zero attached hydrogens (tertiary/aromatic N) is 3. The number of urea groups is 1. The number of benzene rings is 1. The summed E-state index contributed by atoms with van der Waals surface area (Å²) in [4.78, 5) is 61.2. The number of fused-ring (bicyclic) bond motifs is 4. The van der Waals surface area contributed by atoms with Crippen LogP contribution in [0.25, 0.3) is 10.9 Å². The number of primary amides is 1. The van der Waals surface area contributed by atoms with Crippen molar-refractivity contribution in [3.8, 4) is 0 Å². The summed E-state index contributed by atoms with van der Waals surface area (Å²) >= 11 is 0. The summed E-state index contributed by atoms with van der Waals surface area (Å²) < 4.78 is 4.83. The SMILES string of the molecule is COC(=O)c1cnc2c(c1)[C@@]13C[C@@H]1CN(C(=O)c1cc4c5c(ccc4[nH]1)N(C(N)=O)CC5)C3=CC2=O. The van der Waals surface area contributed by atoms with Gasteiger partial charge in [0.25, 0.3) is 5.91 Å². The lowest BCUT2D eigenvalue weighted by Crippen LogP contribution is -2.34. The summed E-state index contributed by atoms with van der Waals surface area (Å²) in [5.41, 5.74) is 9.91. The Labute approximate surface area is 204 Å². The molecule has 2 aromatic heterocycles. The van der Waals surface area contributed by atoms with Gasteiger partial charge in [0, 0.05) is 53.1 Å². The molecule has 180 valence electrons. The number of ether oxygens (including phenoxy) is 1. The number of pyridine rings is 1. The maximum absolute atomic E-state index is 13.7. The molecule has 1 saturated heterocycles.